The lowest BCUT2D eigenvalue weighted by molar-refractivity contribution is 0.102. The van der Waals surface area contributed by atoms with Crippen molar-refractivity contribution >= 4 is 11.6 Å². The van der Waals surface area contributed by atoms with E-state index in [9.17, 15) is 9.18 Å². The molecule has 0 fully saturated rings. The van der Waals surface area contributed by atoms with E-state index >= 15 is 0 Å². The highest BCUT2D eigenvalue weighted by Gasteiger charge is 2.09. The number of nitrogens with one attached hydrogen (secondary N) is 1. The van der Waals surface area contributed by atoms with Crippen molar-refractivity contribution in [1.29, 1.82) is 0 Å². The number of carbonyl (C=O) groups is 1. The number of aromatic nitrogens is 2. The lowest BCUT2D eigenvalue weighted by Gasteiger charge is -2.06. The fraction of sp³-hybridized carbons (Fsp3) is 0.0833. The van der Waals surface area contributed by atoms with E-state index in [1.807, 2.05) is 0 Å². The molecular weight excluding hydrogens is 221 g/mol. The third-order valence-corrected chi connectivity index (χ3v) is 2.24. The molecule has 0 aliphatic carbocycles. The van der Waals surface area contributed by atoms with Crippen LogP contribution in [-0.2, 0) is 0 Å². The summed E-state index contributed by atoms with van der Waals surface area (Å²) in [6, 6.07) is 6.00. The molecule has 2 aromatic heterocycles. The van der Waals surface area contributed by atoms with Crippen LogP contribution >= 0.6 is 0 Å². The molecule has 0 saturated heterocycles. The van der Waals surface area contributed by atoms with E-state index in [4.69, 9.17) is 0 Å². The SMILES string of the molecule is Cc1ncccc1C(=O)Nc1ccc(F)nc1. The second-order valence-electron chi connectivity index (χ2n) is 3.46. The number of pyridine rings is 2. The van der Waals surface area contributed by atoms with Gasteiger partial charge >= 0.3 is 0 Å². The molecule has 4 nitrogen and oxygen atoms in total. The normalized spacial score (nSPS) is 10.0. The molecule has 17 heavy (non-hydrogen) atoms. The number of halogens is 1. The van der Waals surface area contributed by atoms with Gasteiger partial charge in [-0.05, 0) is 31.2 Å². The molecule has 1 N–H and O–H groups in total. The summed E-state index contributed by atoms with van der Waals surface area (Å²) in [5.41, 5.74) is 1.57. The lowest BCUT2D eigenvalue weighted by atomic mass is 10.2. The van der Waals surface area contributed by atoms with Crippen LogP contribution in [0.1, 0.15) is 16.1 Å². The van der Waals surface area contributed by atoms with Gasteiger partial charge in [-0.3, -0.25) is 9.78 Å². The Morgan fingerprint density at radius 1 is 1.29 bits per heavy atom. The summed E-state index contributed by atoms with van der Waals surface area (Å²) in [7, 11) is 0. The maximum Gasteiger partial charge on any atom is 0.257 e. The predicted octanol–water partition coefficient (Wildman–Crippen LogP) is 2.18. The molecule has 0 unspecified atom stereocenters. The molecule has 0 aliphatic rings. The van der Waals surface area contributed by atoms with Gasteiger partial charge in [0.2, 0.25) is 5.95 Å². The van der Waals surface area contributed by atoms with Crippen molar-refractivity contribution in [2.24, 2.45) is 0 Å². The summed E-state index contributed by atoms with van der Waals surface area (Å²) in [6.07, 6.45) is 2.88. The van der Waals surface area contributed by atoms with E-state index in [0.29, 0.717) is 16.9 Å². The highest BCUT2D eigenvalue weighted by atomic mass is 19.1. The molecule has 0 saturated carbocycles. The van der Waals surface area contributed by atoms with E-state index in [0.717, 1.165) is 0 Å². The third-order valence-electron chi connectivity index (χ3n) is 2.24. The van der Waals surface area contributed by atoms with E-state index in [1.54, 1.807) is 25.3 Å². The Labute approximate surface area is 97.5 Å². The summed E-state index contributed by atoms with van der Waals surface area (Å²) in [5.74, 6) is -0.871. The summed E-state index contributed by atoms with van der Waals surface area (Å²) in [4.78, 5) is 19.3. The molecule has 0 atom stereocenters. The van der Waals surface area contributed by atoms with Crippen LogP contribution in [0.25, 0.3) is 0 Å². The minimum atomic E-state index is -0.583. The zero-order valence-electron chi connectivity index (χ0n) is 9.14. The van der Waals surface area contributed by atoms with Gasteiger partial charge in [0.05, 0.1) is 17.4 Å². The second-order valence-corrected chi connectivity index (χ2v) is 3.46. The number of hydrogen-bond acceptors (Lipinski definition) is 3. The van der Waals surface area contributed by atoms with Crippen molar-refractivity contribution in [3.8, 4) is 0 Å². The molecule has 0 aromatic carbocycles. The van der Waals surface area contributed by atoms with Gasteiger partial charge in [-0.25, -0.2) is 4.98 Å². The largest absolute Gasteiger partial charge is 0.321 e. The quantitative estimate of drug-likeness (QED) is 0.806. The Bertz CT molecular complexity index is 540. The standard InChI is InChI=1S/C12H10FN3O/c1-8-10(3-2-6-14-8)12(17)16-9-4-5-11(13)15-7-9/h2-7H,1H3,(H,16,17). The van der Waals surface area contributed by atoms with Crippen LogP contribution in [0, 0.1) is 12.9 Å². The third kappa shape index (κ3) is 2.63. The first-order valence-electron chi connectivity index (χ1n) is 5.01. The lowest BCUT2D eigenvalue weighted by Crippen LogP contribution is -2.14. The van der Waals surface area contributed by atoms with Crippen molar-refractivity contribution in [1.82, 2.24) is 9.97 Å². The first-order chi connectivity index (χ1) is 8.16. The van der Waals surface area contributed by atoms with Crippen LogP contribution in [0.4, 0.5) is 10.1 Å². The van der Waals surface area contributed by atoms with Crippen LogP contribution in [0.3, 0.4) is 0 Å². The Kier molecular flexibility index (Phi) is 3.09. The van der Waals surface area contributed by atoms with Crippen molar-refractivity contribution in [2.45, 2.75) is 6.92 Å². The van der Waals surface area contributed by atoms with E-state index < -0.39 is 5.95 Å². The molecule has 86 valence electrons. The molecule has 2 heterocycles. The Morgan fingerprint density at radius 2 is 2.12 bits per heavy atom. The first kappa shape index (κ1) is 11.2. The second kappa shape index (κ2) is 4.69. The van der Waals surface area contributed by atoms with Gasteiger partial charge in [0.1, 0.15) is 0 Å². The highest BCUT2D eigenvalue weighted by molar-refractivity contribution is 6.04. The highest BCUT2D eigenvalue weighted by Crippen LogP contribution is 2.10. The molecule has 0 bridgehead atoms. The van der Waals surface area contributed by atoms with E-state index in [-0.39, 0.29) is 5.91 Å². The van der Waals surface area contributed by atoms with Crippen LogP contribution in [-0.4, -0.2) is 15.9 Å². The maximum atomic E-state index is 12.6. The van der Waals surface area contributed by atoms with Crippen molar-refractivity contribution < 1.29 is 9.18 Å². The fourth-order valence-electron chi connectivity index (χ4n) is 1.37. The minimum absolute atomic E-state index is 0.288. The molecule has 0 aliphatic heterocycles. The van der Waals surface area contributed by atoms with Crippen molar-refractivity contribution in [3.63, 3.8) is 0 Å². The Balaban J connectivity index is 2.17. The number of nitrogens with zero attached hydrogens (tertiary/aromatic N) is 2. The Morgan fingerprint density at radius 3 is 2.76 bits per heavy atom. The number of carbonyl (C=O) groups excluding carboxylic acids is 1. The van der Waals surface area contributed by atoms with Gasteiger partial charge < -0.3 is 5.32 Å². The molecule has 0 radical (unpaired) electrons. The molecular formula is C12H10FN3O. The minimum Gasteiger partial charge on any atom is -0.321 e. The van der Waals surface area contributed by atoms with Crippen LogP contribution in [0.15, 0.2) is 36.7 Å². The molecule has 2 aromatic rings. The van der Waals surface area contributed by atoms with Crippen molar-refractivity contribution in [3.05, 3.63) is 53.9 Å². The van der Waals surface area contributed by atoms with Crippen LogP contribution in [0.2, 0.25) is 0 Å². The number of rotatable bonds is 2. The zero-order chi connectivity index (χ0) is 12.3. The van der Waals surface area contributed by atoms with Gasteiger partial charge in [-0.15, -0.1) is 0 Å². The van der Waals surface area contributed by atoms with E-state index in [1.165, 1.54) is 18.3 Å². The summed E-state index contributed by atoms with van der Waals surface area (Å²) in [5, 5.41) is 2.62. The number of hydrogen-bond donors (Lipinski definition) is 1. The van der Waals surface area contributed by atoms with Gasteiger partial charge in [0.25, 0.3) is 5.91 Å². The predicted molar refractivity (Wildman–Crippen MR) is 61.1 cm³/mol. The van der Waals surface area contributed by atoms with E-state index in [2.05, 4.69) is 15.3 Å². The summed E-state index contributed by atoms with van der Waals surface area (Å²) < 4.78 is 12.6. The van der Waals surface area contributed by atoms with Gasteiger partial charge in [0, 0.05) is 11.9 Å². The summed E-state index contributed by atoms with van der Waals surface area (Å²) in [6.45, 7) is 1.75. The topological polar surface area (TPSA) is 54.9 Å². The number of anilines is 1. The van der Waals surface area contributed by atoms with Gasteiger partial charge in [0.15, 0.2) is 0 Å². The van der Waals surface area contributed by atoms with Gasteiger partial charge in [-0.1, -0.05) is 0 Å². The molecule has 5 heteroatoms. The van der Waals surface area contributed by atoms with Crippen LogP contribution < -0.4 is 5.32 Å². The average molecular weight is 231 g/mol. The van der Waals surface area contributed by atoms with Gasteiger partial charge in [-0.2, -0.15) is 4.39 Å². The van der Waals surface area contributed by atoms with Crippen LogP contribution in [0.5, 0.6) is 0 Å². The fourth-order valence-corrected chi connectivity index (χ4v) is 1.37. The maximum absolute atomic E-state index is 12.6. The van der Waals surface area contributed by atoms with Crippen molar-refractivity contribution in [2.75, 3.05) is 5.32 Å². The number of aryl methyl sites for hydroxylation is 1. The zero-order valence-corrected chi connectivity index (χ0v) is 9.14. The molecule has 0 spiro atoms. The summed E-state index contributed by atoms with van der Waals surface area (Å²) >= 11 is 0. The smallest absolute Gasteiger partial charge is 0.257 e. The first-order valence-corrected chi connectivity index (χ1v) is 5.01. The monoisotopic (exact) mass is 231 g/mol. The average Bonchev–Trinajstić information content (AvgIpc) is 2.32. The Hall–Kier alpha value is -2.30. The molecule has 1 amide bonds. The number of amides is 1. The molecule has 2 rings (SSSR count).